The molecule has 18 heavy (non-hydrogen) atoms. The first kappa shape index (κ1) is 12.4. The lowest BCUT2D eigenvalue weighted by molar-refractivity contribution is 0.0661. The molecule has 1 aromatic rings. The smallest absolute Gasteiger partial charge is 0.265 e. The Hall–Kier alpha value is -2.04. The summed E-state index contributed by atoms with van der Waals surface area (Å²) < 4.78 is 10.6. The van der Waals surface area contributed by atoms with E-state index in [1.54, 1.807) is 19.1 Å². The van der Waals surface area contributed by atoms with Crippen molar-refractivity contribution in [1.82, 2.24) is 4.90 Å². The Labute approximate surface area is 105 Å². The topological polar surface area (TPSA) is 55.8 Å². The molecule has 96 valence electrons. The van der Waals surface area contributed by atoms with Crippen LogP contribution in [0.4, 0.5) is 0 Å². The minimum atomic E-state index is -0.320. The van der Waals surface area contributed by atoms with Gasteiger partial charge in [-0.15, -0.1) is 0 Å². The number of benzene rings is 1. The number of ether oxygens (including phenoxy) is 2. The van der Waals surface area contributed by atoms with Crippen LogP contribution in [-0.2, 0) is 0 Å². The summed E-state index contributed by atoms with van der Waals surface area (Å²) in [6, 6.07) is 3.25. The van der Waals surface area contributed by atoms with Crippen molar-refractivity contribution in [3.05, 3.63) is 23.3 Å². The number of hydrogen-bond donors (Lipinski definition) is 0. The van der Waals surface area contributed by atoms with Crippen LogP contribution in [0.1, 0.15) is 34.6 Å². The van der Waals surface area contributed by atoms with Crippen LogP contribution in [0.3, 0.4) is 0 Å². The van der Waals surface area contributed by atoms with Crippen molar-refractivity contribution >= 4 is 11.8 Å². The largest absolute Gasteiger partial charge is 0.493 e. The van der Waals surface area contributed by atoms with Crippen LogP contribution in [0, 0.1) is 0 Å². The fraction of sp³-hybridized carbons (Fsp3) is 0.385. The van der Waals surface area contributed by atoms with E-state index in [-0.39, 0.29) is 11.8 Å². The minimum absolute atomic E-state index is 0.277. The lowest BCUT2D eigenvalue weighted by atomic mass is 10.1. The molecule has 5 nitrogen and oxygen atoms in total. The number of hydrogen-bond acceptors (Lipinski definition) is 4. The maximum atomic E-state index is 12.2. The number of imide groups is 1. The summed E-state index contributed by atoms with van der Waals surface area (Å²) in [6.07, 6.45) is 0. The van der Waals surface area contributed by atoms with E-state index in [0.29, 0.717) is 35.8 Å². The van der Waals surface area contributed by atoms with Crippen LogP contribution in [-0.4, -0.2) is 37.0 Å². The monoisotopic (exact) mass is 249 g/mol. The van der Waals surface area contributed by atoms with Crippen LogP contribution in [0.2, 0.25) is 0 Å². The fourth-order valence-corrected chi connectivity index (χ4v) is 2.06. The Balaban J connectivity index is 2.62. The van der Waals surface area contributed by atoms with E-state index in [4.69, 9.17) is 9.47 Å². The first-order chi connectivity index (χ1) is 8.65. The van der Waals surface area contributed by atoms with Gasteiger partial charge in [-0.25, -0.2) is 0 Å². The summed E-state index contributed by atoms with van der Waals surface area (Å²) >= 11 is 0. The zero-order valence-corrected chi connectivity index (χ0v) is 10.6. The predicted octanol–water partition coefficient (Wildman–Crippen LogP) is 1.71. The second-order valence-corrected chi connectivity index (χ2v) is 3.81. The highest BCUT2D eigenvalue weighted by atomic mass is 16.5. The van der Waals surface area contributed by atoms with Gasteiger partial charge in [-0.3, -0.25) is 14.5 Å². The molecule has 1 aliphatic heterocycles. The highest BCUT2D eigenvalue weighted by Crippen LogP contribution is 2.38. The van der Waals surface area contributed by atoms with E-state index in [9.17, 15) is 9.59 Å². The molecule has 0 aliphatic carbocycles. The fourth-order valence-electron chi connectivity index (χ4n) is 2.06. The molecule has 0 N–H and O–H groups in total. The van der Waals surface area contributed by atoms with E-state index < -0.39 is 0 Å². The normalized spacial score (nSPS) is 13.8. The number of nitrogens with zero attached hydrogens (tertiary/aromatic N) is 1. The predicted molar refractivity (Wildman–Crippen MR) is 65.2 cm³/mol. The number of fused-ring (bicyclic) bond motifs is 1. The number of rotatable bonds is 4. The average molecular weight is 249 g/mol. The summed E-state index contributed by atoms with van der Waals surface area (Å²) in [5.41, 5.74) is 0.689. The number of carbonyl (C=O) groups excluding carboxylic acids is 2. The van der Waals surface area contributed by atoms with Gasteiger partial charge in [0.2, 0.25) is 0 Å². The molecule has 0 radical (unpaired) electrons. The lowest BCUT2D eigenvalue weighted by Crippen LogP contribution is -2.29. The van der Waals surface area contributed by atoms with Gasteiger partial charge in [0.25, 0.3) is 11.8 Å². The molecule has 0 unspecified atom stereocenters. The highest BCUT2D eigenvalue weighted by molar-refractivity contribution is 6.23. The Bertz CT molecular complexity index is 510. The molecule has 0 saturated carbocycles. The Morgan fingerprint density at radius 3 is 2.44 bits per heavy atom. The molecule has 1 aromatic carbocycles. The molecule has 1 heterocycles. The van der Waals surface area contributed by atoms with Crippen LogP contribution < -0.4 is 9.47 Å². The van der Waals surface area contributed by atoms with Crippen LogP contribution in [0.25, 0.3) is 0 Å². The van der Waals surface area contributed by atoms with Crippen molar-refractivity contribution in [3.8, 4) is 11.5 Å². The molecule has 0 aromatic heterocycles. The molecule has 0 saturated heterocycles. The van der Waals surface area contributed by atoms with Crippen molar-refractivity contribution in [1.29, 1.82) is 0 Å². The van der Waals surface area contributed by atoms with E-state index in [1.807, 2.05) is 6.92 Å². The maximum Gasteiger partial charge on any atom is 0.265 e. The van der Waals surface area contributed by atoms with E-state index in [1.165, 1.54) is 12.0 Å². The lowest BCUT2D eigenvalue weighted by Gasteiger charge is -2.12. The third kappa shape index (κ3) is 1.63. The number of amides is 2. The van der Waals surface area contributed by atoms with Crippen molar-refractivity contribution < 1.29 is 19.1 Å². The zero-order chi connectivity index (χ0) is 13.3. The van der Waals surface area contributed by atoms with Gasteiger partial charge >= 0.3 is 0 Å². The molecular weight excluding hydrogens is 234 g/mol. The SMILES string of the molecule is CCOc1c(OC)ccc2c1C(=O)N(CC)C2=O. The standard InChI is InChI=1S/C13H15NO4/c1-4-14-12(15)8-6-7-9(17-3)11(18-5-2)10(8)13(14)16/h6-7H,4-5H2,1-3H3. The van der Waals surface area contributed by atoms with E-state index >= 15 is 0 Å². The summed E-state index contributed by atoms with van der Waals surface area (Å²) in [5.74, 6) is 0.224. The number of methoxy groups -OCH3 is 1. The van der Waals surface area contributed by atoms with Gasteiger partial charge in [0.15, 0.2) is 11.5 Å². The first-order valence-electron chi connectivity index (χ1n) is 5.85. The number of carbonyl (C=O) groups is 2. The summed E-state index contributed by atoms with van der Waals surface area (Å²) in [7, 11) is 1.50. The molecular formula is C13H15NO4. The van der Waals surface area contributed by atoms with Gasteiger partial charge < -0.3 is 9.47 Å². The Morgan fingerprint density at radius 2 is 1.89 bits per heavy atom. The first-order valence-corrected chi connectivity index (χ1v) is 5.85. The molecule has 2 rings (SSSR count). The maximum absolute atomic E-state index is 12.2. The third-order valence-electron chi connectivity index (χ3n) is 2.88. The van der Waals surface area contributed by atoms with Gasteiger partial charge in [-0.05, 0) is 26.0 Å². The third-order valence-corrected chi connectivity index (χ3v) is 2.88. The zero-order valence-electron chi connectivity index (χ0n) is 10.6. The molecule has 0 atom stereocenters. The second kappa shape index (κ2) is 4.68. The van der Waals surface area contributed by atoms with Crippen molar-refractivity contribution in [2.75, 3.05) is 20.3 Å². The summed E-state index contributed by atoms with van der Waals surface area (Å²) in [6.45, 7) is 4.33. The molecule has 0 spiro atoms. The molecule has 2 amide bonds. The van der Waals surface area contributed by atoms with Gasteiger partial charge in [0.05, 0.1) is 24.8 Å². The Kier molecular flexibility index (Phi) is 3.23. The van der Waals surface area contributed by atoms with Crippen molar-refractivity contribution in [3.63, 3.8) is 0 Å². The molecule has 0 bridgehead atoms. The van der Waals surface area contributed by atoms with Gasteiger partial charge in [-0.2, -0.15) is 0 Å². The summed E-state index contributed by atoms with van der Waals surface area (Å²) in [5, 5.41) is 0. The average Bonchev–Trinajstić information content (AvgIpc) is 2.62. The van der Waals surface area contributed by atoms with E-state index in [0.717, 1.165) is 0 Å². The van der Waals surface area contributed by atoms with Gasteiger partial charge in [-0.1, -0.05) is 0 Å². The molecule has 1 aliphatic rings. The quantitative estimate of drug-likeness (QED) is 0.762. The Morgan fingerprint density at radius 1 is 1.17 bits per heavy atom. The molecule has 0 fully saturated rings. The van der Waals surface area contributed by atoms with Crippen molar-refractivity contribution in [2.24, 2.45) is 0 Å². The van der Waals surface area contributed by atoms with Gasteiger partial charge in [0.1, 0.15) is 0 Å². The van der Waals surface area contributed by atoms with Crippen LogP contribution >= 0.6 is 0 Å². The minimum Gasteiger partial charge on any atom is -0.493 e. The molecule has 5 heteroatoms. The van der Waals surface area contributed by atoms with Crippen molar-refractivity contribution in [2.45, 2.75) is 13.8 Å². The summed E-state index contributed by atoms with van der Waals surface area (Å²) in [4.78, 5) is 25.4. The van der Waals surface area contributed by atoms with Gasteiger partial charge in [0, 0.05) is 6.54 Å². The van der Waals surface area contributed by atoms with Crippen LogP contribution in [0.5, 0.6) is 11.5 Å². The highest BCUT2D eigenvalue weighted by Gasteiger charge is 2.38. The second-order valence-electron chi connectivity index (χ2n) is 3.81. The van der Waals surface area contributed by atoms with Crippen LogP contribution in [0.15, 0.2) is 12.1 Å². The van der Waals surface area contributed by atoms with E-state index in [2.05, 4.69) is 0 Å².